The zero-order valence-electron chi connectivity index (χ0n) is 12.1. The van der Waals surface area contributed by atoms with Crippen molar-refractivity contribution in [1.29, 1.82) is 0 Å². The fraction of sp³-hybridized carbons (Fsp3) is 1.00. The third-order valence-electron chi connectivity index (χ3n) is 2.53. The molecule has 18 heavy (non-hydrogen) atoms. The lowest BCUT2D eigenvalue weighted by atomic mass is 10.2. The summed E-state index contributed by atoms with van der Waals surface area (Å²) in [5.41, 5.74) is 0. The van der Waals surface area contributed by atoms with Crippen LogP contribution in [0.2, 0.25) is 0 Å². The van der Waals surface area contributed by atoms with E-state index in [1.165, 1.54) is 7.11 Å². The molecule has 0 bridgehead atoms. The first-order valence-corrected chi connectivity index (χ1v) is 6.76. The molecule has 0 saturated carbocycles. The highest BCUT2D eigenvalue weighted by molar-refractivity contribution is 4.58. The molecule has 1 N–H and O–H groups in total. The standard InChI is InChI=1S/C13H28O5/c1-5-8-9-10-12(14)18-13(15-4,17-7-3)11-16-6-2/h12,14H,5-11H2,1-4H3. The van der Waals surface area contributed by atoms with Gasteiger partial charge in [-0.15, -0.1) is 0 Å². The lowest BCUT2D eigenvalue weighted by Crippen LogP contribution is -2.45. The molecule has 0 amide bonds. The first-order valence-electron chi connectivity index (χ1n) is 6.76. The van der Waals surface area contributed by atoms with Gasteiger partial charge in [0.25, 0.3) is 0 Å². The van der Waals surface area contributed by atoms with Crippen LogP contribution in [0.15, 0.2) is 0 Å². The SMILES string of the molecule is CCCCCC(O)OC(COCC)(OC)OCC. The van der Waals surface area contributed by atoms with Crippen molar-refractivity contribution in [1.82, 2.24) is 0 Å². The van der Waals surface area contributed by atoms with E-state index in [0.29, 0.717) is 19.6 Å². The van der Waals surface area contributed by atoms with Crippen LogP contribution in [0.4, 0.5) is 0 Å². The van der Waals surface area contributed by atoms with E-state index in [1.807, 2.05) is 13.8 Å². The average Bonchev–Trinajstić information content (AvgIpc) is 2.36. The molecule has 110 valence electrons. The van der Waals surface area contributed by atoms with E-state index < -0.39 is 12.3 Å². The minimum Gasteiger partial charge on any atom is -0.373 e. The third-order valence-corrected chi connectivity index (χ3v) is 2.53. The molecule has 0 heterocycles. The number of rotatable bonds is 12. The normalized spacial score (nSPS) is 16.5. The van der Waals surface area contributed by atoms with Crippen LogP contribution < -0.4 is 0 Å². The first kappa shape index (κ1) is 17.8. The van der Waals surface area contributed by atoms with Gasteiger partial charge in [0, 0.05) is 20.3 Å². The quantitative estimate of drug-likeness (QED) is 0.433. The second-order valence-corrected chi connectivity index (χ2v) is 4.03. The summed E-state index contributed by atoms with van der Waals surface area (Å²) in [6.07, 6.45) is 2.76. The van der Waals surface area contributed by atoms with E-state index in [4.69, 9.17) is 18.9 Å². The molecule has 0 radical (unpaired) electrons. The highest BCUT2D eigenvalue weighted by atomic mass is 16.9. The highest BCUT2D eigenvalue weighted by Gasteiger charge is 2.35. The van der Waals surface area contributed by atoms with Gasteiger partial charge in [0.2, 0.25) is 0 Å². The Balaban J connectivity index is 4.26. The summed E-state index contributed by atoms with van der Waals surface area (Å²) in [4.78, 5) is 0. The zero-order chi connectivity index (χ0) is 13.9. The van der Waals surface area contributed by atoms with Gasteiger partial charge in [0.05, 0.1) is 0 Å². The molecular weight excluding hydrogens is 236 g/mol. The smallest absolute Gasteiger partial charge is 0.309 e. The Morgan fingerprint density at radius 2 is 1.83 bits per heavy atom. The third kappa shape index (κ3) is 7.28. The van der Waals surface area contributed by atoms with Crippen LogP contribution in [0.3, 0.4) is 0 Å². The molecule has 0 aromatic heterocycles. The minimum absolute atomic E-state index is 0.138. The Kier molecular flexibility index (Phi) is 10.6. The van der Waals surface area contributed by atoms with Crippen molar-refractivity contribution in [2.45, 2.75) is 58.7 Å². The molecule has 5 heteroatoms. The Morgan fingerprint density at radius 1 is 1.11 bits per heavy atom. The Bertz CT molecular complexity index is 188. The van der Waals surface area contributed by atoms with Crippen LogP contribution in [0.5, 0.6) is 0 Å². The molecule has 2 unspecified atom stereocenters. The topological polar surface area (TPSA) is 57.2 Å². The summed E-state index contributed by atoms with van der Waals surface area (Å²) in [5.74, 6) is -1.31. The Labute approximate surface area is 110 Å². The number of aliphatic hydroxyl groups is 1. The number of ether oxygens (including phenoxy) is 4. The molecule has 0 saturated heterocycles. The summed E-state index contributed by atoms with van der Waals surface area (Å²) in [5, 5.41) is 9.83. The molecule has 0 spiro atoms. The lowest BCUT2D eigenvalue weighted by Gasteiger charge is -2.33. The second-order valence-electron chi connectivity index (χ2n) is 4.03. The van der Waals surface area contributed by atoms with Crippen molar-refractivity contribution in [2.24, 2.45) is 0 Å². The van der Waals surface area contributed by atoms with Crippen LogP contribution in [-0.2, 0) is 18.9 Å². The van der Waals surface area contributed by atoms with Gasteiger partial charge in [-0.2, -0.15) is 0 Å². The molecule has 0 aliphatic heterocycles. The van der Waals surface area contributed by atoms with Crippen LogP contribution >= 0.6 is 0 Å². The van der Waals surface area contributed by atoms with E-state index in [-0.39, 0.29) is 6.61 Å². The Morgan fingerprint density at radius 3 is 2.33 bits per heavy atom. The van der Waals surface area contributed by atoms with Gasteiger partial charge in [-0.25, -0.2) is 0 Å². The van der Waals surface area contributed by atoms with Gasteiger partial charge in [0.15, 0.2) is 6.29 Å². The highest BCUT2D eigenvalue weighted by Crippen LogP contribution is 2.19. The number of unbranched alkanes of at least 4 members (excludes halogenated alkanes) is 2. The summed E-state index contributed by atoms with van der Waals surface area (Å²) >= 11 is 0. The van der Waals surface area contributed by atoms with Crippen molar-refractivity contribution in [3.8, 4) is 0 Å². The van der Waals surface area contributed by atoms with E-state index in [1.54, 1.807) is 0 Å². The molecule has 0 rings (SSSR count). The monoisotopic (exact) mass is 264 g/mol. The maximum Gasteiger partial charge on any atom is 0.309 e. The van der Waals surface area contributed by atoms with Gasteiger partial charge in [-0.05, 0) is 26.7 Å². The van der Waals surface area contributed by atoms with E-state index >= 15 is 0 Å². The number of methoxy groups -OCH3 is 1. The van der Waals surface area contributed by atoms with Gasteiger partial charge in [-0.1, -0.05) is 19.8 Å². The summed E-state index contributed by atoms with van der Waals surface area (Å²) in [7, 11) is 1.48. The molecule has 0 aromatic carbocycles. The summed E-state index contributed by atoms with van der Waals surface area (Å²) in [6, 6.07) is 0. The number of aliphatic hydroxyl groups excluding tert-OH is 1. The van der Waals surface area contributed by atoms with E-state index in [0.717, 1.165) is 19.3 Å². The molecule has 0 fully saturated rings. The van der Waals surface area contributed by atoms with E-state index in [2.05, 4.69) is 6.92 Å². The molecule has 0 aliphatic carbocycles. The summed E-state index contributed by atoms with van der Waals surface area (Å²) < 4.78 is 21.4. The van der Waals surface area contributed by atoms with Crippen LogP contribution in [0.1, 0.15) is 46.5 Å². The molecule has 0 aromatic rings. The number of hydrogen-bond donors (Lipinski definition) is 1. The van der Waals surface area contributed by atoms with Crippen molar-refractivity contribution in [3.05, 3.63) is 0 Å². The van der Waals surface area contributed by atoms with Crippen LogP contribution in [0, 0.1) is 0 Å². The van der Waals surface area contributed by atoms with Crippen molar-refractivity contribution >= 4 is 0 Å². The van der Waals surface area contributed by atoms with Crippen LogP contribution in [-0.4, -0.2) is 44.3 Å². The van der Waals surface area contributed by atoms with Gasteiger partial charge in [0.1, 0.15) is 6.61 Å². The van der Waals surface area contributed by atoms with Gasteiger partial charge >= 0.3 is 5.97 Å². The van der Waals surface area contributed by atoms with Gasteiger partial charge in [-0.3, -0.25) is 4.74 Å². The lowest BCUT2D eigenvalue weighted by molar-refractivity contribution is -0.418. The van der Waals surface area contributed by atoms with Crippen LogP contribution in [0.25, 0.3) is 0 Å². The summed E-state index contributed by atoms with van der Waals surface area (Å²) in [6.45, 7) is 6.92. The number of hydrogen-bond acceptors (Lipinski definition) is 5. The fourth-order valence-corrected chi connectivity index (χ4v) is 1.56. The maximum absolute atomic E-state index is 9.83. The molecule has 5 nitrogen and oxygen atoms in total. The van der Waals surface area contributed by atoms with Gasteiger partial charge < -0.3 is 19.3 Å². The fourth-order valence-electron chi connectivity index (χ4n) is 1.56. The van der Waals surface area contributed by atoms with Crippen molar-refractivity contribution in [2.75, 3.05) is 26.9 Å². The Hall–Kier alpha value is -0.200. The van der Waals surface area contributed by atoms with E-state index in [9.17, 15) is 5.11 Å². The van der Waals surface area contributed by atoms with Crippen molar-refractivity contribution in [3.63, 3.8) is 0 Å². The second kappa shape index (κ2) is 10.7. The molecule has 0 aliphatic rings. The predicted octanol–water partition coefficient (Wildman–Crippen LogP) is 2.27. The largest absolute Gasteiger partial charge is 0.373 e. The predicted molar refractivity (Wildman–Crippen MR) is 69.1 cm³/mol. The first-order chi connectivity index (χ1) is 8.64. The maximum atomic E-state index is 9.83. The van der Waals surface area contributed by atoms with Crippen molar-refractivity contribution < 1.29 is 24.1 Å². The zero-order valence-corrected chi connectivity index (χ0v) is 12.1. The minimum atomic E-state index is -1.31. The average molecular weight is 264 g/mol. The molecular formula is C13H28O5. The molecule has 2 atom stereocenters.